The SMILES string of the molecule is CC(C)(C)[C@H]1CCc2sc(C(=O)Nc3ncn(Cc4ccccn4)n3)cc2C1. The lowest BCUT2D eigenvalue weighted by Crippen LogP contribution is -2.26. The first-order valence-corrected chi connectivity index (χ1v) is 10.4. The van der Waals surface area contributed by atoms with Crippen LogP contribution >= 0.6 is 11.3 Å². The first-order valence-electron chi connectivity index (χ1n) is 9.61. The maximum Gasteiger partial charge on any atom is 0.268 e. The molecule has 1 aliphatic rings. The number of carbonyl (C=O) groups is 1. The maximum atomic E-state index is 12.7. The van der Waals surface area contributed by atoms with Gasteiger partial charge in [-0.05, 0) is 54.4 Å². The average molecular weight is 396 g/mol. The van der Waals surface area contributed by atoms with Gasteiger partial charge >= 0.3 is 0 Å². The second kappa shape index (κ2) is 7.47. The van der Waals surface area contributed by atoms with Crippen molar-refractivity contribution in [3.8, 4) is 0 Å². The molecule has 1 atom stereocenters. The summed E-state index contributed by atoms with van der Waals surface area (Å²) >= 11 is 1.60. The lowest BCUT2D eigenvalue weighted by Gasteiger charge is -2.33. The molecule has 0 saturated heterocycles. The van der Waals surface area contributed by atoms with Crippen LogP contribution in [0.2, 0.25) is 0 Å². The molecule has 3 aromatic rings. The van der Waals surface area contributed by atoms with Crippen molar-refractivity contribution in [3.63, 3.8) is 0 Å². The zero-order valence-corrected chi connectivity index (χ0v) is 17.3. The van der Waals surface area contributed by atoms with Crippen LogP contribution in [-0.2, 0) is 19.4 Å². The molecule has 146 valence electrons. The standard InChI is InChI=1S/C21H25N5OS/c1-21(2,3)15-7-8-17-14(10-15)11-18(28-17)19(27)24-20-23-13-26(25-20)12-16-6-4-5-9-22-16/h4-6,9,11,13,15H,7-8,10,12H2,1-3H3,(H,24,25,27)/t15-/m0/s1. The first-order chi connectivity index (χ1) is 13.4. The van der Waals surface area contributed by atoms with Crippen molar-refractivity contribution in [2.45, 2.75) is 46.6 Å². The van der Waals surface area contributed by atoms with E-state index in [9.17, 15) is 4.79 Å². The summed E-state index contributed by atoms with van der Waals surface area (Å²) < 4.78 is 1.67. The second-order valence-corrected chi connectivity index (χ2v) is 9.54. The summed E-state index contributed by atoms with van der Waals surface area (Å²) in [5.41, 5.74) is 2.52. The Balaban J connectivity index is 1.42. The molecule has 4 rings (SSSR count). The Morgan fingerprint density at radius 1 is 1.32 bits per heavy atom. The molecule has 0 unspecified atom stereocenters. The van der Waals surface area contributed by atoms with Crippen LogP contribution in [0.25, 0.3) is 0 Å². The predicted molar refractivity (Wildman–Crippen MR) is 111 cm³/mol. The molecule has 0 bridgehead atoms. The molecule has 1 N–H and O–H groups in total. The van der Waals surface area contributed by atoms with Crippen molar-refractivity contribution in [1.29, 1.82) is 0 Å². The summed E-state index contributed by atoms with van der Waals surface area (Å²) in [5, 5.41) is 7.16. The predicted octanol–water partition coefficient (Wildman–Crippen LogP) is 4.19. The van der Waals surface area contributed by atoms with Crippen molar-refractivity contribution in [1.82, 2.24) is 19.7 Å². The van der Waals surface area contributed by atoms with E-state index in [1.807, 2.05) is 18.2 Å². The molecule has 0 aromatic carbocycles. The number of carbonyl (C=O) groups excluding carboxylic acids is 1. The van der Waals surface area contributed by atoms with E-state index < -0.39 is 0 Å². The number of hydrogen-bond acceptors (Lipinski definition) is 5. The third kappa shape index (κ3) is 4.14. The Hall–Kier alpha value is -2.54. The normalized spacial score (nSPS) is 16.6. The van der Waals surface area contributed by atoms with E-state index in [0.29, 0.717) is 23.8 Å². The Kier molecular flexibility index (Phi) is 5.02. The number of aromatic nitrogens is 4. The number of pyridine rings is 1. The van der Waals surface area contributed by atoms with Crippen LogP contribution in [0.4, 0.5) is 5.95 Å². The lowest BCUT2D eigenvalue weighted by molar-refractivity contribution is 0.102. The highest BCUT2D eigenvalue weighted by molar-refractivity contribution is 7.14. The minimum Gasteiger partial charge on any atom is -0.288 e. The Bertz CT molecular complexity index is 970. The fraction of sp³-hybridized carbons (Fsp3) is 0.429. The smallest absolute Gasteiger partial charge is 0.268 e. The fourth-order valence-corrected chi connectivity index (χ4v) is 4.73. The summed E-state index contributed by atoms with van der Waals surface area (Å²) in [7, 11) is 0. The fourth-order valence-electron chi connectivity index (χ4n) is 3.62. The van der Waals surface area contributed by atoms with Crippen molar-refractivity contribution < 1.29 is 4.79 Å². The molecule has 3 aromatic heterocycles. The Labute approximate surface area is 169 Å². The molecule has 0 radical (unpaired) electrons. The van der Waals surface area contributed by atoms with Gasteiger partial charge in [-0.3, -0.25) is 15.1 Å². The second-order valence-electron chi connectivity index (χ2n) is 8.41. The van der Waals surface area contributed by atoms with Gasteiger partial charge < -0.3 is 0 Å². The molecule has 7 heteroatoms. The number of nitrogens with one attached hydrogen (secondary N) is 1. The molecule has 0 fully saturated rings. The van der Waals surface area contributed by atoms with Crippen molar-refractivity contribution in [2.75, 3.05) is 5.32 Å². The van der Waals surface area contributed by atoms with Gasteiger partial charge in [0.1, 0.15) is 6.33 Å². The van der Waals surface area contributed by atoms with Crippen LogP contribution in [0, 0.1) is 11.3 Å². The quantitative estimate of drug-likeness (QED) is 0.719. The average Bonchev–Trinajstić information content (AvgIpc) is 3.28. The monoisotopic (exact) mass is 395 g/mol. The van der Waals surface area contributed by atoms with Crippen molar-refractivity contribution >= 4 is 23.2 Å². The number of aryl methyl sites for hydroxylation is 1. The summed E-state index contributed by atoms with van der Waals surface area (Å²) in [6.45, 7) is 7.42. The molecule has 1 aliphatic carbocycles. The number of thiophene rings is 1. The number of fused-ring (bicyclic) bond motifs is 1. The minimum atomic E-state index is -0.137. The summed E-state index contributed by atoms with van der Waals surface area (Å²) in [6.07, 6.45) is 6.67. The molecule has 0 aliphatic heterocycles. The largest absolute Gasteiger partial charge is 0.288 e. The van der Waals surface area contributed by atoms with E-state index >= 15 is 0 Å². The zero-order valence-electron chi connectivity index (χ0n) is 16.5. The molecule has 0 saturated carbocycles. The molecule has 1 amide bonds. The lowest BCUT2D eigenvalue weighted by atomic mass is 9.72. The topological polar surface area (TPSA) is 72.7 Å². The van der Waals surface area contributed by atoms with Crippen molar-refractivity contribution in [3.05, 3.63) is 57.8 Å². The van der Waals surface area contributed by atoms with Gasteiger partial charge in [-0.2, -0.15) is 0 Å². The van der Waals surface area contributed by atoms with Gasteiger partial charge in [-0.1, -0.05) is 26.8 Å². The highest BCUT2D eigenvalue weighted by Gasteiger charge is 2.30. The summed E-state index contributed by atoms with van der Waals surface area (Å²) in [6, 6.07) is 7.80. The van der Waals surface area contributed by atoms with Crippen LogP contribution in [0.5, 0.6) is 0 Å². The molecule has 0 spiro atoms. The van der Waals surface area contributed by atoms with Gasteiger partial charge in [0, 0.05) is 11.1 Å². The molecule has 6 nitrogen and oxygen atoms in total. The van der Waals surface area contributed by atoms with E-state index in [1.54, 1.807) is 28.5 Å². The number of hydrogen-bond donors (Lipinski definition) is 1. The van der Waals surface area contributed by atoms with E-state index in [1.165, 1.54) is 16.9 Å². The van der Waals surface area contributed by atoms with Gasteiger partial charge in [0.25, 0.3) is 5.91 Å². The molecular formula is C21H25N5OS. The molecular weight excluding hydrogens is 370 g/mol. The zero-order chi connectivity index (χ0) is 19.7. The number of anilines is 1. The minimum absolute atomic E-state index is 0.137. The highest BCUT2D eigenvalue weighted by Crippen LogP contribution is 2.40. The first kappa shape index (κ1) is 18.8. The number of rotatable bonds is 4. The Morgan fingerprint density at radius 2 is 2.18 bits per heavy atom. The third-order valence-corrected chi connectivity index (χ3v) is 6.58. The van der Waals surface area contributed by atoms with Crippen molar-refractivity contribution in [2.24, 2.45) is 11.3 Å². The number of nitrogens with zero attached hydrogens (tertiary/aromatic N) is 4. The van der Waals surface area contributed by atoms with Crippen LogP contribution in [0.15, 0.2) is 36.8 Å². The van der Waals surface area contributed by atoms with E-state index in [-0.39, 0.29) is 5.91 Å². The van der Waals surface area contributed by atoms with Gasteiger partial charge in [-0.15, -0.1) is 16.4 Å². The van der Waals surface area contributed by atoms with Gasteiger partial charge in [-0.25, -0.2) is 9.67 Å². The van der Waals surface area contributed by atoms with Crippen LogP contribution in [-0.4, -0.2) is 25.7 Å². The van der Waals surface area contributed by atoms with Crippen LogP contribution in [0.3, 0.4) is 0 Å². The van der Waals surface area contributed by atoms with E-state index in [2.05, 4.69) is 47.2 Å². The highest BCUT2D eigenvalue weighted by atomic mass is 32.1. The summed E-state index contributed by atoms with van der Waals surface area (Å²) in [4.78, 5) is 23.2. The van der Waals surface area contributed by atoms with Crippen LogP contribution in [0.1, 0.15) is 53.0 Å². The Morgan fingerprint density at radius 3 is 2.93 bits per heavy atom. The summed E-state index contributed by atoms with van der Waals surface area (Å²) in [5.74, 6) is 0.844. The van der Waals surface area contributed by atoms with E-state index in [0.717, 1.165) is 23.4 Å². The van der Waals surface area contributed by atoms with E-state index in [4.69, 9.17) is 0 Å². The molecule has 3 heterocycles. The van der Waals surface area contributed by atoms with Gasteiger partial charge in [0.15, 0.2) is 0 Å². The van der Waals surface area contributed by atoms with Gasteiger partial charge in [0.2, 0.25) is 5.95 Å². The third-order valence-electron chi connectivity index (χ3n) is 5.34. The van der Waals surface area contributed by atoms with Crippen LogP contribution < -0.4 is 5.32 Å². The molecule has 28 heavy (non-hydrogen) atoms. The number of amides is 1. The van der Waals surface area contributed by atoms with Gasteiger partial charge in [0.05, 0.1) is 17.1 Å². The maximum absolute atomic E-state index is 12.7.